The van der Waals surface area contributed by atoms with Crippen LogP contribution in [0.1, 0.15) is 29.9 Å². The Balaban J connectivity index is 1.83. The van der Waals surface area contributed by atoms with E-state index in [0.29, 0.717) is 12.8 Å². The molecule has 2 N–H and O–H groups in total. The first-order valence-corrected chi connectivity index (χ1v) is 6.06. The second kappa shape index (κ2) is 4.08. The molecule has 0 spiro atoms. The summed E-state index contributed by atoms with van der Waals surface area (Å²) in [5.41, 5.74) is 0.250. The number of fused-ring (bicyclic) bond motifs is 1. The van der Waals surface area contributed by atoms with Crippen molar-refractivity contribution in [1.82, 2.24) is 14.7 Å². The van der Waals surface area contributed by atoms with Crippen molar-refractivity contribution in [3.8, 4) is 0 Å². The molecule has 6 heteroatoms. The Morgan fingerprint density at radius 1 is 1.42 bits per heavy atom. The maximum absolute atomic E-state index is 12.2. The molecule has 3 rings (SSSR count). The van der Waals surface area contributed by atoms with Gasteiger partial charge < -0.3 is 10.4 Å². The molecule has 1 fully saturated rings. The zero-order valence-corrected chi connectivity index (χ0v) is 10.2. The van der Waals surface area contributed by atoms with Crippen LogP contribution in [-0.4, -0.2) is 31.9 Å². The van der Waals surface area contributed by atoms with Crippen LogP contribution in [0.2, 0.25) is 0 Å². The SMILES string of the molecule is O=C(O)CC1(NC(=O)c2ncc3ccccn23)CC1. The third-order valence-electron chi connectivity index (χ3n) is 3.36. The van der Waals surface area contributed by atoms with Crippen LogP contribution >= 0.6 is 0 Å². The Hall–Kier alpha value is -2.37. The van der Waals surface area contributed by atoms with E-state index in [-0.39, 0.29) is 18.2 Å². The number of carbonyl (C=O) groups is 2. The van der Waals surface area contributed by atoms with Gasteiger partial charge in [-0.15, -0.1) is 0 Å². The van der Waals surface area contributed by atoms with E-state index in [1.54, 1.807) is 16.8 Å². The predicted octanol–water partition coefficient (Wildman–Crippen LogP) is 1.07. The quantitative estimate of drug-likeness (QED) is 0.860. The van der Waals surface area contributed by atoms with Crippen LogP contribution in [0.4, 0.5) is 0 Å². The lowest BCUT2D eigenvalue weighted by Crippen LogP contribution is -2.39. The van der Waals surface area contributed by atoms with E-state index in [0.717, 1.165) is 5.52 Å². The van der Waals surface area contributed by atoms with Gasteiger partial charge in [-0.3, -0.25) is 14.0 Å². The summed E-state index contributed by atoms with van der Waals surface area (Å²) in [6.07, 6.45) is 4.74. The second-order valence-corrected chi connectivity index (χ2v) is 4.88. The van der Waals surface area contributed by atoms with Gasteiger partial charge >= 0.3 is 5.97 Å². The summed E-state index contributed by atoms with van der Waals surface area (Å²) in [5.74, 6) is -0.942. The molecule has 2 aromatic rings. The number of hydrogen-bond donors (Lipinski definition) is 2. The molecule has 0 aliphatic heterocycles. The van der Waals surface area contributed by atoms with Crippen LogP contribution in [-0.2, 0) is 4.79 Å². The van der Waals surface area contributed by atoms with Crippen LogP contribution in [0.15, 0.2) is 30.6 Å². The minimum Gasteiger partial charge on any atom is -0.481 e. The van der Waals surface area contributed by atoms with Gasteiger partial charge in [-0.05, 0) is 25.0 Å². The molecule has 2 heterocycles. The Kier molecular flexibility index (Phi) is 2.51. The maximum Gasteiger partial charge on any atom is 0.305 e. The fourth-order valence-electron chi connectivity index (χ4n) is 2.19. The summed E-state index contributed by atoms with van der Waals surface area (Å²) in [6, 6.07) is 5.54. The zero-order chi connectivity index (χ0) is 13.5. The van der Waals surface area contributed by atoms with E-state index in [1.165, 1.54) is 0 Å². The summed E-state index contributed by atoms with van der Waals surface area (Å²) in [6.45, 7) is 0. The van der Waals surface area contributed by atoms with Crippen molar-refractivity contribution in [2.24, 2.45) is 0 Å². The fraction of sp³-hybridized carbons (Fsp3) is 0.308. The Labute approximate surface area is 109 Å². The molecule has 6 nitrogen and oxygen atoms in total. The molecule has 0 saturated heterocycles. The molecule has 0 radical (unpaired) electrons. The van der Waals surface area contributed by atoms with E-state index in [4.69, 9.17) is 5.11 Å². The number of carboxylic acid groups (broad SMARTS) is 1. The Morgan fingerprint density at radius 2 is 2.21 bits per heavy atom. The third-order valence-corrected chi connectivity index (χ3v) is 3.36. The summed E-state index contributed by atoms with van der Waals surface area (Å²) in [7, 11) is 0. The first-order chi connectivity index (χ1) is 9.10. The first kappa shape index (κ1) is 11.7. The van der Waals surface area contributed by atoms with Crippen LogP contribution in [0.3, 0.4) is 0 Å². The summed E-state index contributed by atoms with van der Waals surface area (Å²) >= 11 is 0. The lowest BCUT2D eigenvalue weighted by atomic mass is 10.2. The number of nitrogens with zero attached hydrogens (tertiary/aromatic N) is 2. The van der Waals surface area contributed by atoms with Gasteiger partial charge in [0, 0.05) is 6.20 Å². The van der Waals surface area contributed by atoms with E-state index in [9.17, 15) is 9.59 Å². The maximum atomic E-state index is 12.2. The average Bonchev–Trinajstić information content (AvgIpc) is 2.96. The van der Waals surface area contributed by atoms with Gasteiger partial charge in [0.2, 0.25) is 5.82 Å². The van der Waals surface area contributed by atoms with Crippen molar-refractivity contribution in [2.75, 3.05) is 0 Å². The van der Waals surface area contributed by atoms with Gasteiger partial charge in [0.1, 0.15) is 0 Å². The highest BCUT2D eigenvalue weighted by molar-refractivity contribution is 5.93. The van der Waals surface area contributed by atoms with Gasteiger partial charge in [0.05, 0.1) is 23.7 Å². The van der Waals surface area contributed by atoms with Crippen LogP contribution in [0, 0.1) is 0 Å². The second-order valence-electron chi connectivity index (χ2n) is 4.88. The number of hydrogen-bond acceptors (Lipinski definition) is 3. The average molecular weight is 259 g/mol. The number of carbonyl (C=O) groups excluding carboxylic acids is 1. The molecule has 0 unspecified atom stereocenters. The topological polar surface area (TPSA) is 83.7 Å². The summed E-state index contributed by atoms with van der Waals surface area (Å²) in [5, 5.41) is 11.6. The van der Waals surface area contributed by atoms with E-state index in [1.807, 2.05) is 18.2 Å². The molecule has 2 aromatic heterocycles. The minimum absolute atomic E-state index is 0.0396. The molecular weight excluding hydrogens is 246 g/mol. The van der Waals surface area contributed by atoms with Gasteiger partial charge in [-0.2, -0.15) is 0 Å². The summed E-state index contributed by atoms with van der Waals surface area (Å²) in [4.78, 5) is 27.0. The third kappa shape index (κ3) is 2.16. The van der Waals surface area contributed by atoms with E-state index in [2.05, 4.69) is 10.3 Å². The van der Waals surface area contributed by atoms with Gasteiger partial charge in [0.15, 0.2) is 0 Å². The van der Waals surface area contributed by atoms with Crippen molar-refractivity contribution in [2.45, 2.75) is 24.8 Å². The van der Waals surface area contributed by atoms with Crippen molar-refractivity contribution >= 4 is 17.4 Å². The van der Waals surface area contributed by atoms with Crippen molar-refractivity contribution < 1.29 is 14.7 Å². The van der Waals surface area contributed by atoms with Crippen LogP contribution in [0.25, 0.3) is 5.52 Å². The van der Waals surface area contributed by atoms with Gasteiger partial charge in [0.25, 0.3) is 5.91 Å². The number of pyridine rings is 1. The molecule has 1 amide bonds. The number of aromatic nitrogens is 2. The van der Waals surface area contributed by atoms with E-state index < -0.39 is 11.5 Å². The smallest absolute Gasteiger partial charge is 0.305 e. The molecule has 0 bridgehead atoms. The lowest BCUT2D eigenvalue weighted by molar-refractivity contribution is -0.137. The molecule has 1 saturated carbocycles. The van der Waals surface area contributed by atoms with E-state index >= 15 is 0 Å². The van der Waals surface area contributed by atoms with Gasteiger partial charge in [-0.1, -0.05) is 6.07 Å². The Bertz CT molecular complexity index is 658. The standard InChI is InChI=1S/C13H13N3O3/c17-10(18)7-13(4-5-13)15-12(19)11-14-8-9-3-1-2-6-16(9)11/h1-3,6,8H,4-5,7H2,(H,15,19)(H,17,18). The number of carboxylic acids is 1. The molecule has 0 atom stereocenters. The van der Waals surface area contributed by atoms with Gasteiger partial charge in [-0.25, -0.2) is 4.98 Å². The molecular formula is C13H13N3O3. The normalized spacial score (nSPS) is 16.2. The highest BCUT2D eigenvalue weighted by Crippen LogP contribution is 2.38. The largest absolute Gasteiger partial charge is 0.481 e. The fourth-order valence-corrected chi connectivity index (χ4v) is 2.19. The van der Waals surface area contributed by atoms with Crippen LogP contribution in [0.5, 0.6) is 0 Å². The number of amides is 1. The molecule has 1 aliphatic rings. The lowest BCUT2D eigenvalue weighted by Gasteiger charge is -2.14. The zero-order valence-electron chi connectivity index (χ0n) is 10.2. The predicted molar refractivity (Wildman–Crippen MR) is 66.9 cm³/mol. The first-order valence-electron chi connectivity index (χ1n) is 6.06. The monoisotopic (exact) mass is 259 g/mol. The minimum atomic E-state index is -0.897. The molecule has 0 aromatic carbocycles. The number of aliphatic carboxylic acids is 1. The van der Waals surface area contributed by atoms with Crippen molar-refractivity contribution in [3.63, 3.8) is 0 Å². The summed E-state index contributed by atoms with van der Waals surface area (Å²) < 4.78 is 1.69. The molecule has 98 valence electrons. The number of rotatable bonds is 4. The number of nitrogens with one attached hydrogen (secondary N) is 1. The van der Waals surface area contributed by atoms with Crippen LogP contribution < -0.4 is 5.32 Å². The highest BCUT2D eigenvalue weighted by atomic mass is 16.4. The molecule has 19 heavy (non-hydrogen) atoms. The Morgan fingerprint density at radius 3 is 2.89 bits per heavy atom. The molecule has 1 aliphatic carbocycles. The highest BCUT2D eigenvalue weighted by Gasteiger charge is 2.46. The van der Waals surface area contributed by atoms with Crippen molar-refractivity contribution in [1.29, 1.82) is 0 Å². The number of imidazole rings is 1. The van der Waals surface area contributed by atoms with Crippen molar-refractivity contribution in [3.05, 3.63) is 36.4 Å².